The van der Waals surface area contributed by atoms with Crippen molar-refractivity contribution in [1.29, 1.82) is 0 Å². The number of carboxylic acid groups (broad SMARTS) is 2. The molecule has 192 valence electrons. The molecule has 0 aliphatic carbocycles. The summed E-state index contributed by atoms with van der Waals surface area (Å²) in [6.07, 6.45) is -3.00. The second-order valence-corrected chi connectivity index (χ2v) is 8.55. The van der Waals surface area contributed by atoms with Crippen LogP contribution in [-0.4, -0.2) is 139 Å². The monoisotopic (exact) mass is 498 g/mol. The Labute approximate surface area is 195 Å². The Kier molecular flexibility index (Phi) is 15.6. The van der Waals surface area contributed by atoms with Crippen LogP contribution in [0.2, 0.25) is 0 Å². The first kappa shape index (κ1) is 31.0. The molecular formula is C18H34N4O10S. The number of nitrogens with two attached hydrogens (primary N) is 2. The zero-order chi connectivity index (χ0) is 25.6. The van der Waals surface area contributed by atoms with Crippen LogP contribution in [-0.2, 0) is 19.2 Å². The molecule has 0 aliphatic heterocycles. The molecule has 10 N–H and O–H groups in total. The lowest BCUT2D eigenvalue weighted by Crippen LogP contribution is -2.50. The van der Waals surface area contributed by atoms with E-state index in [9.17, 15) is 29.4 Å². The molecule has 0 fully saturated rings. The van der Waals surface area contributed by atoms with E-state index in [1.54, 1.807) is 0 Å². The van der Waals surface area contributed by atoms with Crippen molar-refractivity contribution in [3.8, 4) is 0 Å². The van der Waals surface area contributed by atoms with Gasteiger partial charge in [-0.2, -0.15) is 11.8 Å². The summed E-state index contributed by atoms with van der Waals surface area (Å²) in [6, 6.07) is -2.24. The topological polar surface area (TPSA) is 248 Å². The summed E-state index contributed by atoms with van der Waals surface area (Å²) in [6.45, 7) is -2.12. The van der Waals surface area contributed by atoms with Crippen LogP contribution in [0.25, 0.3) is 0 Å². The molecule has 0 aromatic heterocycles. The lowest BCUT2D eigenvalue weighted by Gasteiger charge is -2.30. The number of carbonyl (C=O) groups excluding carboxylic acids is 2. The van der Waals surface area contributed by atoms with Gasteiger partial charge in [0.15, 0.2) is 0 Å². The summed E-state index contributed by atoms with van der Waals surface area (Å²) in [7, 11) is 0. The van der Waals surface area contributed by atoms with E-state index in [0.29, 0.717) is 11.5 Å². The van der Waals surface area contributed by atoms with E-state index in [2.05, 4.69) is 0 Å². The molecule has 4 unspecified atom stereocenters. The number of nitrogens with zero attached hydrogens (tertiary/aromatic N) is 2. The molecule has 0 heterocycles. The molecule has 0 rings (SSSR count). The summed E-state index contributed by atoms with van der Waals surface area (Å²) in [4.78, 5) is 48.4. The minimum atomic E-state index is -1.25. The van der Waals surface area contributed by atoms with E-state index in [1.807, 2.05) is 0 Å². The highest BCUT2D eigenvalue weighted by atomic mass is 32.2. The third-order valence-electron chi connectivity index (χ3n) is 4.67. The number of carbonyl (C=O) groups is 4. The van der Waals surface area contributed by atoms with E-state index in [0.717, 1.165) is 0 Å². The lowest BCUT2D eigenvalue weighted by molar-refractivity contribution is -0.141. The van der Waals surface area contributed by atoms with Gasteiger partial charge in [0.05, 0.1) is 50.6 Å². The maximum atomic E-state index is 11.8. The van der Waals surface area contributed by atoms with E-state index in [-0.39, 0.29) is 25.9 Å². The van der Waals surface area contributed by atoms with Crippen molar-refractivity contribution in [2.24, 2.45) is 11.5 Å². The van der Waals surface area contributed by atoms with E-state index in [4.69, 9.17) is 31.9 Å². The fraction of sp³-hybridized carbons (Fsp3) is 0.778. The maximum absolute atomic E-state index is 11.8. The Morgan fingerprint density at radius 2 is 1.06 bits per heavy atom. The van der Waals surface area contributed by atoms with Gasteiger partial charge >= 0.3 is 11.9 Å². The van der Waals surface area contributed by atoms with Gasteiger partial charge < -0.3 is 42.1 Å². The molecular weight excluding hydrogens is 464 g/mol. The number of amides is 2. The van der Waals surface area contributed by atoms with Crippen molar-refractivity contribution in [1.82, 2.24) is 9.80 Å². The van der Waals surface area contributed by atoms with E-state index < -0.39 is 74.3 Å². The van der Waals surface area contributed by atoms with Gasteiger partial charge in [0.25, 0.3) is 0 Å². The smallest absolute Gasteiger partial charge is 0.317 e. The van der Waals surface area contributed by atoms with Crippen molar-refractivity contribution in [3.05, 3.63) is 0 Å². The second-order valence-electron chi connectivity index (χ2n) is 7.32. The van der Waals surface area contributed by atoms with E-state index >= 15 is 0 Å². The van der Waals surface area contributed by atoms with Crippen LogP contribution in [0.4, 0.5) is 0 Å². The highest BCUT2D eigenvalue weighted by molar-refractivity contribution is 7.99. The third kappa shape index (κ3) is 13.3. The number of primary amides is 2. The Balaban J connectivity index is 5.03. The first-order valence-corrected chi connectivity index (χ1v) is 11.2. The molecule has 0 aliphatic rings. The van der Waals surface area contributed by atoms with Crippen molar-refractivity contribution >= 4 is 35.5 Å². The summed E-state index contributed by atoms with van der Waals surface area (Å²) in [5.74, 6) is -3.55. The van der Waals surface area contributed by atoms with Crippen LogP contribution in [0.5, 0.6) is 0 Å². The summed E-state index contributed by atoms with van der Waals surface area (Å²) >= 11 is 1.27. The summed E-state index contributed by atoms with van der Waals surface area (Å²) in [5.41, 5.74) is 10.7. The molecule has 4 atom stereocenters. The fourth-order valence-corrected chi connectivity index (χ4v) is 3.99. The summed E-state index contributed by atoms with van der Waals surface area (Å²) < 4.78 is 0. The Bertz CT molecular complexity index is 589. The molecule has 0 saturated carbocycles. The number of hydrogen-bond donors (Lipinski definition) is 8. The predicted molar refractivity (Wildman–Crippen MR) is 117 cm³/mol. The van der Waals surface area contributed by atoms with Crippen LogP contribution in [0.1, 0.15) is 12.8 Å². The van der Waals surface area contributed by atoms with Gasteiger partial charge in [-0.05, 0) is 0 Å². The van der Waals surface area contributed by atoms with Gasteiger partial charge in [0, 0.05) is 37.4 Å². The Morgan fingerprint density at radius 1 is 0.727 bits per heavy atom. The SMILES string of the molecule is NC(=O)C(CC(O)CO)N(CCSCCN(CC(=O)O)C(CC(O)CO)C(N)=O)CC(=O)O. The van der Waals surface area contributed by atoms with Gasteiger partial charge in [0.1, 0.15) is 0 Å². The number of aliphatic carboxylic acids is 2. The van der Waals surface area contributed by atoms with Crippen molar-refractivity contribution in [3.63, 3.8) is 0 Å². The Morgan fingerprint density at radius 3 is 1.30 bits per heavy atom. The number of thioether (sulfide) groups is 1. The molecule has 14 nitrogen and oxygen atoms in total. The highest BCUT2D eigenvalue weighted by Gasteiger charge is 2.29. The quantitative estimate of drug-likeness (QED) is 0.0740. The Hall–Kier alpha value is -2.01. The van der Waals surface area contributed by atoms with Crippen LogP contribution in [0, 0.1) is 0 Å². The molecule has 0 spiro atoms. The van der Waals surface area contributed by atoms with Gasteiger partial charge in [-0.1, -0.05) is 0 Å². The lowest BCUT2D eigenvalue weighted by atomic mass is 10.1. The van der Waals surface area contributed by atoms with Gasteiger partial charge in [-0.15, -0.1) is 0 Å². The summed E-state index contributed by atoms with van der Waals surface area (Å²) in [5, 5.41) is 55.5. The number of carboxylic acids is 2. The fourth-order valence-electron chi connectivity index (χ4n) is 3.06. The maximum Gasteiger partial charge on any atom is 0.317 e. The number of aliphatic hydroxyl groups is 4. The number of aliphatic hydroxyl groups excluding tert-OH is 4. The van der Waals surface area contributed by atoms with Gasteiger partial charge in [0.2, 0.25) is 11.8 Å². The molecule has 15 heteroatoms. The number of hydrogen-bond acceptors (Lipinski definition) is 11. The number of rotatable bonds is 20. The first-order valence-electron chi connectivity index (χ1n) is 10.1. The van der Waals surface area contributed by atoms with Crippen LogP contribution >= 0.6 is 11.8 Å². The zero-order valence-electron chi connectivity index (χ0n) is 18.2. The standard InChI is InChI=1S/C18H34N4O10S/c19-17(31)13(5-11(25)9-23)21(7-15(27)28)1-3-33-4-2-22(8-16(29)30)14(18(20)32)6-12(26)10-24/h11-14,23-26H,1-10H2,(H2,19,31)(H2,20,32)(H,27,28)(H,29,30). The first-order chi connectivity index (χ1) is 15.4. The molecule has 0 bridgehead atoms. The van der Waals surface area contributed by atoms with Gasteiger partial charge in [-0.3, -0.25) is 29.0 Å². The molecule has 2 amide bonds. The van der Waals surface area contributed by atoms with Crippen LogP contribution in [0.3, 0.4) is 0 Å². The normalized spacial score (nSPS) is 15.2. The largest absolute Gasteiger partial charge is 0.480 e. The average Bonchev–Trinajstić information content (AvgIpc) is 2.72. The predicted octanol–water partition coefficient (Wildman–Crippen LogP) is -4.31. The third-order valence-corrected chi connectivity index (χ3v) is 5.62. The van der Waals surface area contributed by atoms with E-state index in [1.165, 1.54) is 21.6 Å². The highest BCUT2D eigenvalue weighted by Crippen LogP contribution is 2.13. The molecule has 33 heavy (non-hydrogen) atoms. The van der Waals surface area contributed by atoms with Gasteiger partial charge in [-0.25, -0.2) is 0 Å². The molecule has 0 radical (unpaired) electrons. The second kappa shape index (κ2) is 16.6. The van der Waals surface area contributed by atoms with Crippen molar-refractivity contribution in [2.75, 3.05) is 50.9 Å². The van der Waals surface area contributed by atoms with Crippen molar-refractivity contribution < 1.29 is 49.8 Å². The minimum Gasteiger partial charge on any atom is -0.480 e. The minimum absolute atomic E-state index is 0.0874. The van der Waals surface area contributed by atoms with Crippen LogP contribution in [0.15, 0.2) is 0 Å². The zero-order valence-corrected chi connectivity index (χ0v) is 19.0. The molecule has 0 saturated heterocycles. The molecule has 0 aromatic carbocycles. The van der Waals surface area contributed by atoms with Crippen LogP contribution < -0.4 is 11.5 Å². The van der Waals surface area contributed by atoms with Crippen molar-refractivity contribution in [2.45, 2.75) is 37.1 Å². The molecule has 0 aromatic rings. The average molecular weight is 499 g/mol.